The minimum absolute atomic E-state index is 0.208. The second-order valence-corrected chi connectivity index (χ2v) is 4.56. The van der Waals surface area contributed by atoms with E-state index in [0.29, 0.717) is 16.3 Å². The number of benzene rings is 1. The molecule has 1 N–H and O–H groups in total. The molecule has 0 spiro atoms. The number of hydrogen-bond acceptors (Lipinski definition) is 2. The summed E-state index contributed by atoms with van der Waals surface area (Å²) in [7, 11) is 0. The van der Waals surface area contributed by atoms with Gasteiger partial charge < -0.3 is 5.32 Å². The lowest BCUT2D eigenvalue weighted by atomic mass is 10.2. The zero-order chi connectivity index (χ0) is 13.1. The quantitative estimate of drug-likeness (QED) is 0.837. The number of halogens is 1. The number of pyridine rings is 1. The van der Waals surface area contributed by atoms with Crippen LogP contribution in [0.5, 0.6) is 0 Å². The molecule has 92 valence electrons. The predicted molar refractivity (Wildman–Crippen MR) is 74.6 cm³/mol. The number of amides is 1. The van der Waals surface area contributed by atoms with Gasteiger partial charge >= 0.3 is 0 Å². The summed E-state index contributed by atoms with van der Waals surface area (Å²) in [5.74, 6) is -0.208. The summed E-state index contributed by atoms with van der Waals surface area (Å²) in [6, 6.07) is 9.47. The Morgan fingerprint density at radius 1 is 1.22 bits per heavy atom. The van der Waals surface area contributed by atoms with Crippen LogP contribution in [0.2, 0.25) is 0 Å². The van der Waals surface area contributed by atoms with Crippen LogP contribution in [0.3, 0.4) is 0 Å². The van der Waals surface area contributed by atoms with Crippen LogP contribution < -0.4 is 5.32 Å². The van der Waals surface area contributed by atoms with Gasteiger partial charge in [-0.25, -0.2) is 0 Å². The third kappa shape index (κ3) is 2.51. The Balaban J connectivity index is 2.39. The monoisotopic (exact) mass is 260 g/mol. The lowest BCUT2D eigenvalue weighted by Gasteiger charge is -2.08. The molecule has 0 aliphatic heterocycles. The van der Waals surface area contributed by atoms with Crippen molar-refractivity contribution in [2.75, 3.05) is 5.32 Å². The summed E-state index contributed by atoms with van der Waals surface area (Å²) >= 11 is 5.81. The second-order valence-electron chi connectivity index (χ2n) is 3.99. The van der Waals surface area contributed by atoms with Crippen molar-refractivity contribution < 1.29 is 4.79 Å². The average molecular weight is 261 g/mol. The van der Waals surface area contributed by atoms with Gasteiger partial charge in [0.15, 0.2) is 0 Å². The summed E-state index contributed by atoms with van der Waals surface area (Å²) in [6.07, 6.45) is 1.70. The lowest BCUT2D eigenvalue weighted by Crippen LogP contribution is -2.13. The Morgan fingerprint density at radius 2 is 1.94 bits per heavy atom. The van der Waals surface area contributed by atoms with Crippen LogP contribution in [0, 0.1) is 0 Å². The van der Waals surface area contributed by atoms with E-state index in [2.05, 4.69) is 10.3 Å². The predicted octanol–water partition coefficient (Wildman–Crippen LogP) is 3.71. The van der Waals surface area contributed by atoms with Gasteiger partial charge in [0.05, 0.1) is 11.2 Å². The van der Waals surface area contributed by atoms with Crippen molar-refractivity contribution in [3.63, 3.8) is 0 Å². The number of allylic oxidation sites excluding steroid dienone is 1. The zero-order valence-electron chi connectivity index (χ0n) is 10.2. The number of para-hydroxylation sites is 1. The Labute approximate surface area is 110 Å². The third-order valence-electron chi connectivity index (χ3n) is 2.74. The molecular formula is C14H13ClN2O. The Morgan fingerprint density at radius 3 is 2.67 bits per heavy atom. The van der Waals surface area contributed by atoms with Crippen molar-refractivity contribution >= 4 is 34.1 Å². The number of aromatic nitrogens is 1. The molecule has 2 rings (SSSR count). The van der Waals surface area contributed by atoms with Crippen molar-refractivity contribution in [2.45, 2.75) is 13.8 Å². The van der Waals surface area contributed by atoms with Crippen LogP contribution in [0.25, 0.3) is 10.9 Å². The third-order valence-corrected chi connectivity index (χ3v) is 3.02. The summed E-state index contributed by atoms with van der Waals surface area (Å²) in [6.45, 7) is 3.38. The van der Waals surface area contributed by atoms with Gasteiger partial charge in [-0.2, -0.15) is 0 Å². The highest BCUT2D eigenvalue weighted by Gasteiger charge is 2.09. The van der Waals surface area contributed by atoms with Crippen molar-refractivity contribution in [3.05, 3.63) is 47.1 Å². The second kappa shape index (κ2) is 5.19. The molecule has 1 aromatic carbocycles. The first-order valence-corrected chi connectivity index (χ1v) is 5.95. The van der Waals surface area contributed by atoms with Gasteiger partial charge in [0, 0.05) is 22.2 Å². The van der Waals surface area contributed by atoms with Crippen LogP contribution in [0.1, 0.15) is 13.8 Å². The van der Waals surface area contributed by atoms with E-state index in [1.165, 1.54) is 0 Å². The fraction of sp³-hybridized carbons (Fsp3) is 0.143. The molecule has 0 unspecified atom stereocenters. The molecule has 0 radical (unpaired) electrons. The largest absolute Gasteiger partial charge is 0.320 e. The minimum Gasteiger partial charge on any atom is -0.320 e. The molecule has 3 nitrogen and oxygen atoms in total. The van der Waals surface area contributed by atoms with Gasteiger partial charge in [0.1, 0.15) is 0 Å². The topological polar surface area (TPSA) is 42.0 Å². The number of carbonyl (C=O) groups excluding carboxylic acids is 1. The first-order valence-electron chi connectivity index (χ1n) is 5.57. The molecule has 0 atom stereocenters. The van der Waals surface area contributed by atoms with E-state index in [-0.39, 0.29) is 5.91 Å². The normalized spacial score (nSPS) is 12.2. The number of fused-ring (bicyclic) bond motifs is 1. The lowest BCUT2D eigenvalue weighted by molar-refractivity contribution is -0.112. The first-order chi connectivity index (χ1) is 8.59. The van der Waals surface area contributed by atoms with E-state index in [0.717, 1.165) is 10.9 Å². The van der Waals surface area contributed by atoms with Crippen LogP contribution in [0.15, 0.2) is 47.1 Å². The molecule has 18 heavy (non-hydrogen) atoms. The Kier molecular flexibility index (Phi) is 3.63. The van der Waals surface area contributed by atoms with Crippen molar-refractivity contribution in [2.24, 2.45) is 0 Å². The standard InChI is InChI=1S/C14H13ClN2O/c1-9(10(2)15)14(18)17-12-7-3-5-11-6-4-8-16-13(11)12/h3-8H,1-2H3,(H,17,18)/b10-9-. The van der Waals surface area contributed by atoms with Gasteiger partial charge in [-0.15, -0.1) is 0 Å². The van der Waals surface area contributed by atoms with E-state index < -0.39 is 0 Å². The molecular weight excluding hydrogens is 248 g/mol. The fourth-order valence-corrected chi connectivity index (χ4v) is 1.66. The first kappa shape index (κ1) is 12.6. The molecule has 0 saturated carbocycles. The maximum atomic E-state index is 11.9. The molecule has 0 aliphatic rings. The Bertz CT molecular complexity index is 625. The van der Waals surface area contributed by atoms with Crippen LogP contribution in [0.4, 0.5) is 5.69 Å². The summed E-state index contributed by atoms with van der Waals surface area (Å²) in [5, 5.41) is 4.29. The van der Waals surface area contributed by atoms with Crippen LogP contribution >= 0.6 is 11.6 Å². The van der Waals surface area contributed by atoms with E-state index >= 15 is 0 Å². The molecule has 0 saturated heterocycles. The van der Waals surface area contributed by atoms with Crippen LogP contribution in [-0.2, 0) is 4.79 Å². The number of carbonyl (C=O) groups is 1. The number of hydrogen-bond donors (Lipinski definition) is 1. The van der Waals surface area contributed by atoms with Gasteiger partial charge in [0.2, 0.25) is 0 Å². The van der Waals surface area contributed by atoms with Gasteiger partial charge in [-0.1, -0.05) is 29.8 Å². The van der Waals surface area contributed by atoms with E-state index in [1.54, 1.807) is 20.0 Å². The van der Waals surface area contributed by atoms with E-state index in [1.807, 2.05) is 30.3 Å². The van der Waals surface area contributed by atoms with Gasteiger partial charge in [0.25, 0.3) is 5.91 Å². The summed E-state index contributed by atoms with van der Waals surface area (Å²) < 4.78 is 0. The highest BCUT2D eigenvalue weighted by atomic mass is 35.5. The number of anilines is 1. The Hall–Kier alpha value is -1.87. The van der Waals surface area contributed by atoms with E-state index in [4.69, 9.17) is 11.6 Å². The summed E-state index contributed by atoms with van der Waals surface area (Å²) in [5.41, 5.74) is 1.97. The molecule has 0 bridgehead atoms. The van der Waals surface area contributed by atoms with Gasteiger partial charge in [-0.05, 0) is 26.0 Å². The molecule has 4 heteroatoms. The van der Waals surface area contributed by atoms with Crippen molar-refractivity contribution in [1.82, 2.24) is 4.98 Å². The maximum Gasteiger partial charge on any atom is 0.252 e. The molecule has 0 aliphatic carbocycles. The van der Waals surface area contributed by atoms with Crippen molar-refractivity contribution in [1.29, 1.82) is 0 Å². The minimum atomic E-state index is -0.208. The maximum absolute atomic E-state index is 11.9. The van der Waals surface area contributed by atoms with Gasteiger partial charge in [-0.3, -0.25) is 9.78 Å². The SMILES string of the molecule is C/C(Cl)=C(\C)C(=O)Nc1cccc2cccnc12. The zero-order valence-corrected chi connectivity index (χ0v) is 11.0. The molecule has 1 amide bonds. The molecule has 1 aromatic heterocycles. The fourth-order valence-electron chi connectivity index (χ4n) is 1.58. The highest BCUT2D eigenvalue weighted by molar-refractivity contribution is 6.32. The smallest absolute Gasteiger partial charge is 0.252 e. The van der Waals surface area contributed by atoms with E-state index in [9.17, 15) is 4.79 Å². The molecule has 0 fully saturated rings. The number of nitrogens with zero attached hydrogens (tertiary/aromatic N) is 1. The molecule has 1 heterocycles. The van der Waals surface area contributed by atoms with Crippen LogP contribution in [-0.4, -0.2) is 10.9 Å². The summed E-state index contributed by atoms with van der Waals surface area (Å²) in [4.78, 5) is 16.2. The average Bonchev–Trinajstić information content (AvgIpc) is 2.38. The highest BCUT2D eigenvalue weighted by Crippen LogP contribution is 2.21. The van der Waals surface area contributed by atoms with Crippen molar-refractivity contribution in [3.8, 4) is 0 Å². The molecule has 2 aromatic rings. The number of nitrogens with one attached hydrogen (secondary N) is 1. The number of rotatable bonds is 2.